The maximum absolute atomic E-state index is 11.9. The van der Waals surface area contributed by atoms with Gasteiger partial charge in [-0.2, -0.15) is 0 Å². The maximum atomic E-state index is 11.9. The van der Waals surface area contributed by atoms with Crippen LogP contribution in [0.5, 0.6) is 5.75 Å². The standard InChI is InChI=1S/C15H20O3/c1-9-7-13(18-6)12(15(3,4)5)8-11(9)14(17)10(2)16/h7-8H,1-6H3. The van der Waals surface area contributed by atoms with E-state index in [4.69, 9.17) is 4.74 Å². The summed E-state index contributed by atoms with van der Waals surface area (Å²) in [7, 11) is 1.61. The fraction of sp³-hybridized carbons (Fsp3) is 0.467. The zero-order valence-corrected chi connectivity index (χ0v) is 11.9. The molecule has 3 heteroatoms. The summed E-state index contributed by atoms with van der Waals surface area (Å²) in [6, 6.07) is 3.59. The van der Waals surface area contributed by atoms with E-state index in [1.165, 1.54) is 6.92 Å². The second-order valence-corrected chi connectivity index (χ2v) is 5.50. The molecule has 0 aliphatic rings. The van der Waals surface area contributed by atoms with E-state index in [1.807, 2.05) is 33.8 Å². The van der Waals surface area contributed by atoms with Crippen molar-refractivity contribution in [1.29, 1.82) is 0 Å². The Bertz CT molecular complexity index is 493. The third kappa shape index (κ3) is 2.78. The number of methoxy groups -OCH3 is 1. The minimum Gasteiger partial charge on any atom is -0.496 e. The van der Waals surface area contributed by atoms with E-state index in [2.05, 4.69) is 0 Å². The average Bonchev–Trinajstić information content (AvgIpc) is 2.25. The summed E-state index contributed by atoms with van der Waals surface area (Å²) in [6.07, 6.45) is 0. The first kappa shape index (κ1) is 14.4. The number of Topliss-reactive ketones (excluding diaryl/α,β-unsaturated/α-hetero) is 2. The molecule has 3 nitrogen and oxygen atoms in total. The average molecular weight is 248 g/mol. The lowest BCUT2D eigenvalue weighted by atomic mass is 9.83. The molecule has 0 saturated heterocycles. The van der Waals surface area contributed by atoms with Crippen molar-refractivity contribution in [2.75, 3.05) is 7.11 Å². The molecule has 0 atom stereocenters. The third-order valence-electron chi connectivity index (χ3n) is 2.92. The second kappa shape index (κ2) is 4.92. The highest BCUT2D eigenvalue weighted by atomic mass is 16.5. The summed E-state index contributed by atoms with van der Waals surface area (Å²) in [5.41, 5.74) is 2.01. The van der Waals surface area contributed by atoms with Gasteiger partial charge < -0.3 is 4.74 Å². The van der Waals surface area contributed by atoms with Gasteiger partial charge in [-0.3, -0.25) is 9.59 Å². The van der Waals surface area contributed by atoms with Crippen molar-refractivity contribution in [3.63, 3.8) is 0 Å². The zero-order chi connectivity index (χ0) is 14.1. The molecular formula is C15H20O3. The highest BCUT2D eigenvalue weighted by molar-refractivity contribution is 6.43. The topological polar surface area (TPSA) is 43.4 Å². The first-order valence-electron chi connectivity index (χ1n) is 5.93. The van der Waals surface area contributed by atoms with Crippen LogP contribution in [0.25, 0.3) is 0 Å². The molecule has 0 heterocycles. The Morgan fingerprint density at radius 1 is 1.17 bits per heavy atom. The van der Waals surface area contributed by atoms with Crippen LogP contribution < -0.4 is 4.74 Å². The lowest BCUT2D eigenvalue weighted by Crippen LogP contribution is -2.17. The van der Waals surface area contributed by atoms with Crippen molar-refractivity contribution in [3.8, 4) is 5.75 Å². The Labute approximate surface area is 108 Å². The number of ether oxygens (including phenoxy) is 1. The molecule has 1 aromatic carbocycles. The van der Waals surface area contributed by atoms with Gasteiger partial charge in [-0.1, -0.05) is 20.8 Å². The van der Waals surface area contributed by atoms with Crippen molar-refractivity contribution >= 4 is 11.6 Å². The Morgan fingerprint density at radius 2 is 1.72 bits per heavy atom. The highest BCUT2D eigenvalue weighted by Gasteiger charge is 2.23. The van der Waals surface area contributed by atoms with Gasteiger partial charge in [0.25, 0.3) is 0 Å². The summed E-state index contributed by atoms with van der Waals surface area (Å²) in [6.45, 7) is 9.24. The summed E-state index contributed by atoms with van der Waals surface area (Å²) < 4.78 is 5.35. The number of benzene rings is 1. The van der Waals surface area contributed by atoms with Gasteiger partial charge in [0.2, 0.25) is 5.78 Å². The van der Waals surface area contributed by atoms with E-state index in [1.54, 1.807) is 13.2 Å². The van der Waals surface area contributed by atoms with Crippen molar-refractivity contribution in [1.82, 2.24) is 0 Å². The van der Waals surface area contributed by atoms with E-state index < -0.39 is 11.6 Å². The molecule has 0 saturated carbocycles. The molecule has 1 aromatic rings. The van der Waals surface area contributed by atoms with Crippen molar-refractivity contribution in [2.45, 2.75) is 40.0 Å². The molecule has 0 fully saturated rings. The fourth-order valence-electron chi connectivity index (χ4n) is 1.87. The van der Waals surface area contributed by atoms with Crippen molar-refractivity contribution in [3.05, 3.63) is 28.8 Å². The van der Waals surface area contributed by atoms with Gasteiger partial charge in [-0.25, -0.2) is 0 Å². The number of carbonyl (C=O) groups excluding carboxylic acids is 2. The van der Waals surface area contributed by atoms with Crippen molar-refractivity contribution in [2.24, 2.45) is 0 Å². The molecule has 0 bridgehead atoms. The fourth-order valence-corrected chi connectivity index (χ4v) is 1.87. The Kier molecular flexibility index (Phi) is 3.95. The SMILES string of the molecule is COc1cc(C)c(C(=O)C(C)=O)cc1C(C)(C)C. The monoisotopic (exact) mass is 248 g/mol. The van der Waals surface area contributed by atoms with Crippen LogP contribution in [0, 0.1) is 6.92 Å². The quantitative estimate of drug-likeness (QED) is 0.610. The maximum Gasteiger partial charge on any atom is 0.228 e. The van der Waals surface area contributed by atoms with Gasteiger partial charge in [0.1, 0.15) is 5.75 Å². The second-order valence-electron chi connectivity index (χ2n) is 5.50. The largest absolute Gasteiger partial charge is 0.496 e. The molecule has 0 radical (unpaired) electrons. The molecule has 1 rings (SSSR count). The van der Waals surface area contributed by atoms with Crippen LogP contribution in [0.4, 0.5) is 0 Å². The number of ketones is 2. The molecule has 0 amide bonds. The van der Waals surface area contributed by atoms with E-state index in [0.29, 0.717) is 5.56 Å². The first-order chi connectivity index (χ1) is 8.18. The van der Waals surface area contributed by atoms with Gasteiger partial charge in [-0.05, 0) is 30.0 Å². The zero-order valence-electron chi connectivity index (χ0n) is 11.9. The van der Waals surface area contributed by atoms with Crippen LogP contribution in [0.1, 0.15) is 49.2 Å². The van der Waals surface area contributed by atoms with Crippen LogP contribution >= 0.6 is 0 Å². The van der Waals surface area contributed by atoms with E-state index in [-0.39, 0.29) is 5.41 Å². The minimum absolute atomic E-state index is 0.148. The van der Waals surface area contributed by atoms with E-state index >= 15 is 0 Å². The number of hydrogen-bond acceptors (Lipinski definition) is 3. The molecule has 0 N–H and O–H groups in total. The number of rotatable bonds is 3. The summed E-state index contributed by atoms with van der Waals surface area (Å²) >= 11 is 0. The van der Waals surface area contributed by atoms with Crippen LogP contribution in [-0.4, -0.2) is 18.7 Å². The van der Waals surface area contributed by atoms with Gasteiger partial charge in [0.15, 0.2) is 5.78 Å². The van der Waals surface area contributed by atoms with Gasteiger partial charge in [0.05, 0.1) is 7.11 Å². The summed E-state index contributed by atoms with van der Waals surface area (Å²) in [4.78, 5) is 23.1. The molecule has 98 valence electrons. The predicted molar refractivity (Wildman–Crippen MR) is 71.4 cm³/mol. The van der Waals surface area contributed by atoms with Crippen LogP contribution in [0.3, 0.4) is 0 Å². The molecule has 0 aliphatic heterocycles. The Balaban J connectivity index is 3.49. The summed E-state index contributed by atoms with van der Waals surface area (Å²) in [5.74, 6) is -0.135. The van der Waals surface area contributed by atoms with E-state index in [9.17, 15) is 9.59 Å². The van der Waals surface area contributed by atoms with Crippen LogP contribution in [-0.2, 0) is 10.2 Å². The predicted octanol–water partition coefficient (Wildman–Crippen LogP) is 3.07. The minimum atomic E-state index is -0.444. The lowest BCUT2D eigenvalue weighted by molar-refractivity contribution is -0.113. The van der Waals surface area contributed by atoms with Crippen molar-refractivity contribution < 1.29 is 14.3 Å². The lowest BCUT2D eigenvalue weighted by Gasteiger charge is -2.23. The third-order valence-corrected chi connectivity index (χ3v) is 2.92. The van der Waals surface area contributed by atoms with Crippen LogP contribution in [0.2, 0.25) is 0 Å². The number of aryl methyl sites for hydroxylation is 1. The smallest absolute Gasteiger partial charge is 0.228 e. The Hall–Kier alpha value is -1.64. The first-order valence-corrected chi connectivity index (χ1v) is 5.93. The normalized spacial score (nSPS) is 11.2. The number of carbonyl (C=O) groups is 2. The summed E-state index contributed by atoms with van der Waals surface area (Å²) in [5, 5.41) is 0. The van der Waals surface area contributed by atoms with E-state index in [0.717, 1.165) is 16.9 Å². The Morgan fingerprint density at radius 3 is 2.11 bits per heavy atom. The number of hydrogen-bond donors (Lipinski definition) is 0. The van der Waals surface area contributed by atoms with Crippen LogP contribution in [0.15, 0.2) is 12.1 Å². The molecular weight excluding hydrogens is 228 g/mol. The van der Waals surface area contributed by atoms with Gasteiger partial charge in [0, 0.05) is 18.1 Å². The molecule has 0 unspecified atom stereocenters. The highest BCUT2D eigenvalue weighted by Crippen LogP contribution is 2.33. The molecule has 0 aromatic heterocycles. The molecule has 0 spiro atoms. The van der Waals surface area contributed by atoms with Gasteiger partial charge in [-0.15, -0.1) is 0 Å². The van der Waals surface area contributed by atoms with Gasteiger partial charge >= 0.3 is 0 Å². The molecule has 18 heavy (non-hydrogen) atoms. The molecule has 0 aliphatic carbocycles.